The first kappa shape index (κ1) is 10.4. The van der Waals surface area contributed by atoms with Gasteiger partial charge < -0.3 is 10.8 Å². The van der Waals surface area contributed by atoms with E-state index in [0.29, 0.717) is 0 Å². The van der Waals surface area contributed by atoms with E-state index < -0.39 is 5.82 Å². The van der Waals surface area contributed by atoms with Crippen molar-refractivity contribution in [3.63, 3.8) is 0 Å². The van der Waals surface area contributed by atoms with Crippen LogP contribution in [0.15, 0.2) is 12.1 Å². The Labute approximate surface area is 88.9 Å². The number of hydrogen-bond donors (Lipinski definition) is 2. The first-order chi connectivity index (χ1) is 7.03. The zero-order valence-electron chi connectivity index (χ0n) is 8.89. The number of hydrogen-bond acceptors (Lipinski definition) is 2. The molecule has 1 fully saturated rings. The van der Waals surface area contributed by atoms with Gasteiger partial charge in [-0.15, -0.1) is 0 Å². The second-order valence-electron chi connectivity index (χ2n) is 4.48. The SMILES string of the molecule is Cc1cc(F)c(O)cc1C1(N)CCCC1. The summed E-state index contributed by atoms with van der Waals surface area (Å²) in [6.07, 6.45) is 4.04. The van der Waals surface area contributed by atoms with E-state index in [9.17, 15) is 9.50 Å². The van der Waals surface area contributed by atoms with Gasteiger partial charge in [-0.3, -0.25) is 0 Å². The Kier molecular flexibility index (Phi) is 2.43. The van der Waals surface area contributed by atoms with Gasteiger partial charge in [-0.05, 0) is 43.0 Å². The van der Waals surface area contributed by atoms with Gasteiger partial charge in [0.25, 0.3) is 0 Å². The second-order valence-corrected chi connectivity index (χ2v) is 4.48. The Bertz CT molecular complexity index is 383. The summed E-state index contributed by atoms with van der Waals surface area (Å²) in [4.78, 5) is 0. The smallest absolute Gasteiger partial charge is 0.165 e. The molecule has 2 rings (SSSR count). The number of rotatable bonds is 1. The molecule has 0 radical (unpaired) electrons. The maximum Gasteiger partial charge on any atom is 0.165 e. The number of halogens is 1. The van der Waals surface area contributed by atoms with Gasteiger partial charge >= 0.3 is 0 Å². The van der Waals surface area contributed by atoms with Crippen molar-refractivity contribution in [3.05, 3.63) is 29.1 Å². The molecule has 0 aliphatic heterocycles. The topological polar surface area (TPSA) is 46.2 Å². The molecule has 1 aromatic rings. The maximum absolute atomic E-state index is 13.1. The van der Waals surface area contributed by atoms with Gasteiger partial charge in [-0.25, -0.2) is 4.39 Å². The molecule has 0 bridgehead atoms. The summed E-state index contributed by atoms with van der Waals surface area (Å²) < 4.78 is 13.1. The molecule has 0 heterocycles. The largest absolute Gasteiger partial charge is 0.505 e. The molecular weight excluding hydrogens is 193 g/mol. The lowest BCUT2D eigenvalue weighted by molar-refractivity contribution is 0.418. The lowest BCUT2D eigenvalue weighted by atomic mass is 9.86. The van der Waals surface area contributed by atoms with Crippen LogP contribution in [0.25, 0.3) is 0 Å². The summed E-state index contributed by atoms with van der Waals surface area (Å²) in [5, 5.41) is 9.37. The van der Waals surface area contributed by atoms with E-state index in [1.807, 2.05) is 6.92 Å². The molecule has 3 N–H and O–H groups in total. The molecule has 0 aromatic heterocycles. The highest BCUT2D eigenvalue weighted by Gasteiger charge is 2.33. The fraction of sp³-hybridized carbons (Fsp3) is 0.500. The minimum absolute atomic E-state index is 0.299. The molecule has 0 atom stereocenters. The third kappa shape index (κ3) is 1.72. The summed E-state index contributed by atoms with van der Waals surface area (Å²) in [7, 11) is 0. The molecule has 2 nitrogen and oxygen atoms in total. The highest BCUT2D eigenvalue weighted by atomic mass is 19.1. The van der Waals surface area contributed by atoms with Crippen molar-refractivity contribution in [2.75, 3.05) is 0 Å². The van der Waals surface area contributed by atoms with Gasteiger partial charge in [-0.1, -0.05) is 12.8 Å². The van der Waals surface area contributed by atoms with Gasteiger partial charge in [0.2, 0.25) is 0 Å². The summed E-state index contributed by atoms with van der Waals surface area (Å²) in [6, 6.07) is 2.84. The highest BCUT2D eigenvalue weighted by molar-refractivity contribution is 5.40. The minimum Gasteiger partial charge on any atom is -0.505 e. The second kappa shape index (κ2) is 3.49. The third-order valence-electron chi connectivity index (χ3n) is 3.33. The number of nitrogens with two attached hydrogens (primary N) is 1. The van der Waals surface area contributed by atoms with Crippen LogP contribution in [0, 0.1) is 12.7 Å². The van der Waals surface area contributed by atoms with E-state index in [4.69, 9.17) is 5.73 Å². The van der Waals surface area contributed by atoms with Crippen molar-refractivity contribution in [2.45, 2.75) is 38.1 Å². The van der Waals surface area contributed by atoms with Crippen molar-refractivity contribution in [3.8, 4) is 5.75 Å². The van der Waals surface area contributed by atoms with Crippen LogP contribution in [-0.4, -0.2) is 5.11 Å². The average Bonchev–Trinajstić information content (AvgIpc) is 2.60. The van der Waals surface area contributed by atoms with E-state index in [2.05, 4.69) is 0 Å². The molecule has 1 aliphatic carbocycles. The van der Waals surface area contributed by atoms with Crippen molar-refractivity contribution in [1.29, 1.82) is 0 Å². The fourth-order valence-corrected chi connectivity index (χ4v) is 2.47. The molecule has 1 aromatic carbocycles. The third-order valence-corrected chi connectivity index (χ3v) is 3.33. The van der Waals surface area contributed by atoms with E-state index >= 15 is 0 Å². The Morgan fingerprint density at radius 1 is 1.33 bits per heavy atom. The predicted octanol–water partition coefficient (Wildman–Crippen LogP) is 2.57. The molecule has 1 aliphatic rings. The van der Waals surface area contributed by atoms with Crippen LogP contribution in [0.2, 0.25) is 0 Å². The van der Waals surface area contributed by atoms with Gasteiger partial charge in [0, 0.05) is 5.54 Å². The molecule has 82 valence electrons. The van der Waals surface area contributed by atoms with Crippen LogP contribution in [-0.2, 0) is 5.54 Å². The zero-order chi connectivity index (χ0) is 11.1. The molecule has 0 spiro atoms. The minimum atomic E-state index is -0.571. The Balaban J connectivity index is 2.48. The predicted molar refractivity (Wildman–Crippen MR) is 57.1 cm³/mol. The molecule has 3 heteroatoms. The van der Waals surface area contributed by atoms with E-state index in [1.165, 1.54) is 12.1 Å². The summed E-state index contributed by atoms with van der Waals surface area (Å²) in [5.74, 6) is -0.870. The van der Waals surface area contributed by atoms with E-state index in [0.717, 1.165) is 36.8 Å². The monoisotopic (exact) mass is 209 g/mol. The van der Waals surface area contributed by atoms with Gasteiger partial charge in [0.15, 0.2) is 11.6 Å². The molecule has 0 amide bonds. The lowest BCUT2D eigenvalue weighted by Crippen LogP contribution is -2.33. The van der Waals surface area contributed by atoms with Crippen molar-refractivity contribution < 1.29 is 9.50 Å². The summed E-state index contributed by atoms with van der Waals surface area (Å²) >= 11 is 0. The van der Waals surface area contributed by atoms with Gasteiger partial charge in [0.1, 0.15) is 0 Å². The van der Waals surface area contributed by atoms with Crippen LogP contribution in [0.3, 0.4) is 0 Å². The van der Waals surface area contributed by atoms with Crippen molar-refractivity contribution in [2.24, 2.45) is 5.73 Å². The first-order valence-corrected chi connectivity index (χ1v) is 5.31. The standard InChI is InChI=1S/C12H16FNO/c1-8-6-10(13)11(15)7-9(8)12(14)4-2-3-5-12/h6-7,15H,2-5,14H2,1H3. The average molecular weight is 209 g/mol. The zero-order valence-corrected chi connectivity index (χ0v) is 8.89. The number of phenolic OH excluding ortho intramolecular Hbond substituents is 1. The fourth-order valence-electron chi connectivity index (χ4n) is 2.47. The molecule has 15 heavy (non-hydrogen) atoms. The van der Waals surface area contributed by atoms with Gasteiger partial charge in [-0.2, -0.15) is 0 Å². The molecule has 0 saturated heterocycles. The van der Waals surface area contributed by atoms with Crippen LogP contribution in [0.4, 0.5) is 4.39 Å². The van der Waals surface area contributed by atoms with Crippen LogP contribution >= 0.6 is 0 Å². The van der Waals surface area contributed by atoms with E-state index in [1.54, 1.807) is 0 Å². The Morgan fingerprint density at radius 3 is 2.53 bits per heavy atom. The summed E-state index contributed by atoms with van der Waals surface area (Å²) in [6.45, 7) is 1.84. The van der Waals surface area contributed by atoms with Crippen molar-refractivity contribution in [1.82, 2.24) is 0 Å². The Morgan fingerprint density at radius 2 is 1.93 bits per heavy atom. The van der Waals surface area contributed by atoms with Crippen LogP contribution in [0.1, 0.15) is 36.8 Å². The first-order valence-electron chi connectivity index (χ1n) is 5.31. The highest BCUT2D eigenvalue weighted by Crippen LogP contribution is 2.39. The molecule has 0 unspecified atom stereocenters. The number of phenols is 1. The Hall–Kier alpha value is -1.09. The van der Waals surface area contributed by atoms with Gasteiger partial charge in [0.05, 0.1) is 0 Å². The molecular formula is C12H16FNO. The number of aryl methyl sites for hydroxylation is 1. The summed E-state index contributed by atoms with van der Waals surface area (Å²) in [5.41, 5.74) is 7.62. The maximum atomic E-state index is 13.1. The van der Waals surface area contributed by atoms with Crippen molar-refractivity contribution >= 4 is 0 Å². The van der Waals surface area contributed by atoms with E-state index in [-0.39, 0.29) is 11.3 Å². The van der Waals surface area contributed by atoms with Crippen LogP contribution < -0.4 is 5.73 Å². The normalized spacial score (nSPS) is 19.4. The quantitative estimate of drug-likeness (QED) is 0.746. The van der Waals surface area contributed by atoms with Crippen LogP contribution in [0.5, 0.6) is 5.75 Å². The number of benzene rings is 1. The molecule has 1 saturated carbocycles. The number of aromatic hydroxyl groups is 1. The lowest BCUT2D eigenvalue weighted by Gasteiger charge is -2.26.